The minimum absolute atomic E-state index is 0.305. The van der Waals surface area contributed by atoms with Gasteiger partial charge < -0.3 is 4.74 Å². The van der Waals surface area contributed by atoms with Gasteiger partial charge in [-0.25, -0.2) is 0 Å². The van der Waals surface area contributed by atoms with Crippen LogP contribution in [-0.4, -0.2) is 12.9 Å². The van der Waals surface area contributed by atoms with E-state index in [-0.39, 0.29) is 0 Å². The Bertz CT molecular complexity index is 407. The average Bonchev–Trinajstić information content (AvgIpc) is 2.45. The van der Waals surface area contributed by atoms with Gasteiger partial charge in [-0.2, -0.15) is 0 Å². The Morgan fingerprint density at radius 1 is 1.20 bits per heavy atom. The van der Waals surface area contributed by atoms with E-state index < -0.39 is 0 Å². The van der Waals surface area contributed by atoms with Crippen LogP contribution in [0.25, 0.3) is 0 Å². The second-order valence-corrected chi connectivity index (χ2v) is 5.90. The fourth-order valence-electron chi connectivity index (χ4n) is 2.85. The summed E-state index contributed by atoms with van der Waals surface area (Å²) in [6, 6.07) is 0. The van der Waals surface area contributed by atoms with Crippen molar-refractivity contribution in [2.45, 2.75) is 52.9 Å². The second kappa shape index (κ2) is 8.08. The molecule has 1 saturated carbocycles. The smallest absolute Gasteiger partial charge is 0.132 e. The van der Waals surface area contributed by atoms with Crippen LogP contribution in [0.1, 0.15) is 52.9 Å². The fraction of sp³-hybridized carbons (Fsp3) is 0.611. The largest absolute Gasteiger partial charge is 0.501 e. The molecule has 1 fully saturated rings. The third-order valence-corrected chi connectivity index (χ3v) is 4.47. The van der Waals surface area contributed by atoms with E-state index in [0.717, 1.165) is 43.4 Å². The number of ether oxygens (including phenoxy) is 1. The van der Waals surface area contributed by atoms with Gasteiger partial charge in [0.2, 0.25) is 0 Å². The number of hydrogen-bond acceptors (Lipinski definition) is 2. The molecule has 2 nitrogen and oxygen atoms in total. The van der Waals surface area contributed by atoms with Crippen LogP contribution in [0, 0.1) is 11.8 Å². The Morgan fingerprint density at radius 2 is 1.80 bits per heavy atom. The molecule has 0 spiro atoms. The molecule has 0 bridgehead atoms. The lowest BCUT2D eigenvalue weighted by Gasteiger charge is -2.27. The zero-order valence-electron chi connectivity index (χ0n) is 13.4. The van der Waals surface area contributed by atoms with E-state index in [0.29, 0.717) is 17.6 Å². The molecule has 0 aromatic rings. The van der Waals surface area contributed by atoms with E-state index in [2.05, 4.69) is 19.6 Å². The lowest BCUT2D eigenvalue weighted by molar-refractivity contribution is -0.121. The summed E-state index contributed by atoms with van der Waals surface area (Å²) in [4.78, 5) is 11.4. The van der Waals surface area contributed by atoms with Crippen LogP contribution in [0.5, 0.6) is 0 Å². The molecule has 0 aromatic carbocycles. The molecule has 1 aliphatic carbocycles. The van der Waals surface area contributed by atoms with Crippen LogP contribution >= 0.6 is 0 Å². The van der Waals surface area contributed by atoms with Crippen LogP contribution < -0.4 is 0 Å². The highest BCUT2D eigenvalue weighted by molar-refractivity contribution is 5.78. The van der Waals surface area contributed by atoms with Gasteiger partial charge in [0.05, 0.1) is 12.9 Å². The Morgan fingerprint density at radius 3 is 2.25 bits per heavy atom. The lowest BCUT2D eigenvalue weighted by atomic mass is 9.78. The molecule has 0 N–H and O–H groups in total. The van der Waals surface area contributed by atoms with Crippen molar-refractivity contribution in [2.75, 3.05) is 7.11 Å². The number of rotatable bonds is 6. The van der Waals surface area contributed by atoms with Gasteiger partial charge in [-0.3, -0.25) is 4.79 Å². The third kappa shape index (κ3) is 4.99. The zero-order valence-corrected chi connectivity index (χ0v) is 13.4. The Labute approximate surface area is 123 Å². The van der Waals surface area contributed by atoms with Crippen molar-refractivity contribution in [1.29, 1.82) is 0 Å². The maximum Gasteiger partial charge on any atom is 0.132 e. The van der Waals surface area contributed by atoms with Gasteiger partial charge in [-0.05, 0) is 69.9 Å². The number of allylic oxidation sites excluding steroid dienone is 5. The van der Waals surface area contributed by atoms with Crippen molar-refractivity contribution in [3.63, 3.8) is 0 Å². The normalized spacial score (nSPS) is 24.9. The first-order chi connectivity index (χ1) is 9.47. The molecule has 20 heavy (non-hydrogen) atoms. The number of carbonyl (C=O) groups is 1. The summed E-state index contributed by atoms with van der Waals surface area (Å²) in [6.45, 7) is 9.69. The molecular weight excluding hydrogens is 248 g/mol. The summed E-state index contributed by atoms with van der Waals surface area (Å²) >= 11 is 0. The Hall–Kier alpha value is -1.31. The van der Waals surface area contributed by atoms with E-state index in [4.69, 9.17) is 4.74 Å². The second-order valence-electron chi connectivity index (χ2n) is 5.90. The quantitative estimate of drug-likeness (QED) is 0.513. The van der Waals surface area contributed by atoms with Crippen molar-refractivity contribution >= 4 is 5.78 Å². The number of methoxy groups -OCH3 is 1. The van der Waals surface area contributed by atoms with E-state index >= 15 is 0 Å². The molecule has 1 rings (SSSR count). The molecule has 0 aliphatic heterocycles. The standard InChI is InChI=1S/C18H28O2/c1-6-16(11-13(2)15(4)20-5)12-17-7-9-18(10-8-17)14(3)19/h6,11,17-18H,1,7-10,12H2,2-5H3/b15-13+,16-11+. The van der Waals surface area contributed by atoms with E-state index in [1.54, 1.807) is 14.0 Å². The molecule has 2 heteroatoms. The van der Waals surface area contributed by atoms with Gasteiger partial charge in [0, 0.05) is 5.92 Å². The zero-order chi connectivity index (χ0) is 15.1. The Balaban J connectivity index is 2.61. The summed E-state index contributed by atoms with van der Waals surface area (Å²) in [5.41, 5.74) is 2.42. The van der Waals surface area contributed by atoms with E-state index in [1.807, 2.05) is 13.0 Å². The summed E-state index contributed by atoms with van der Waals surface area (Å²) in [5.74, 6) is 2.30. The molecule has 1 aliphatic rings. The third-order valence-electron chi connectivity index (χ3n) is 4.47. The lowest BCUT2D eigenvalue weighted by Crippen LogP contribution is -2.20. The molecule has 0 radical (unpaired) electrons. The Kier molecular flexibility index (Phi) is 6.77. The summed E-state index contributed by atoms with van der Waals surface area (Å²) in [7, 11) is 1.70. The minimum atomic E-state index is 0.305. The van der Waals surface area contributed by atoms with Crippen LogP contribution in [0.2, 0.25) is 0 Å². The first kappa shape index (κ1) is 16.7. The summed E-state index contributed by atoms with van der Waals surface area (Å²) in [5, 5.41) is 0. The van der Waals surface area contributed by atoms with Gasteiger partial charge in [-0.15, -0.1) is 0 Å². The summed E-state index contributed by atoms with van der Waals surface area (Å²) < 4.78 is 5.25. The number of ketones is 1. The van der Waals surface area contributed by atoms with Crippen LogP contribution in [0.3, 0.4) is 0 Å². The first-order valence-electron chi connectivity index (χ1n) is 7.52. The maximum atomic E-state index is 11.4. The van der Waals surface area contributed by atoms with Crippen molar-refractivity contribution in [1.82, 2.24) is 0 Å². The maximum absolute atomic E-state index is 11.4. The minimum Gasteiger partial charge on any atom is -0.501 e. The van der Waals surface area contributed by atoms with Crippen LogP contribution in [-0.2, 0) is 9.53 Å². The first-order valence-corrected chi connectivity index (χ1v) is 7.52. The fourth-order valence-corrected chi connectivity index (χ4v) is 2.85. The van der Waals surface area contributed by atoms with Gasteiger partial charge >= 0.3 is 0 Å². The molecule has 0 amide bonds. The molecule has 112 valence electrons. The molecule has 0 atom stereocenters. The SMILES string of the molecule is C=C/C(=C\C(C)=C(/C)OC)CC1CCC(C(C)=O)CC1. The van der Waals surface area contributed by atoms with Crippen molar-refractivity contribution in [2.24, 2.45) is 11.8 Å². The average molecular weight is 276 g/mol. The van der Waals surface area contributed by atoms with E-state index in [9.17, 15) is 4.79 Å². The highest BCUT2D eigenvalue weighted by Crippen LogP contribution is 2.33. The van der Waals surface area contributed by atoms with Gasteiger partial charge in [0.25, 0.3) is 0 Å². The van der Waals surface area contributed by atoms with Gasteiger partial charge in [0.1, 0.15) is 5.78 Å². The van der Waals surface area contributed by atoms with Crippen LogP contribution in [0.15, 0.2) is 35.6 Å². The predicted molar refractivity (Wildman–Crippen MR) is 84.4 cm³/mol. The molecule has 0 aromatic heterocycles. The number of carbonyl (C=O) groups excluding carboxylic acids is 1. The highest BCUT2D eigenvalue weighted by Gasteiger charge is 2.24. The molecule has 0 unspecified atom stereocenters. The molecular formula is C18H28O2. The van der Waals surface area contributed by atoms with Crippen molar-refractivity contribution < 1.29 is 9.53 Å². The van der Waals surface area contributed by atoms with Crippen LogP contribution in [0.4, 0.5) is 0 Å². The number of Topliss-reactive ketones (excluding diaryl/α,β-unsaturated/α-hetero) is 1. The van der Waals surface area contributed by atoms with Gasteiger partial charge in [0.15, 0.2) is 0 Å². The monoisotopic (exact) mass is 276 g/mol. The highest BCUT2D eigenvalue weighted by atomic mass is 16.5. The van der Waals surface area contributed by atoms with E-state index in [1.165, 1.54) is 5.57 Å². The topological polar surface area (TPSA) is 26.3 Å². The molecule has 0 saturated heterocycles. The number of hydrogen-bond donors (Lipinski definition) is 0. The van der Waals surface area contributed by atoms with Crippen molar-refractivity contribution in [3.05, 3.63) is 35.6 Å². The summed E-state index contributed by atoms with van der Waals surface area (Å²) in [6.07, 6.45) is 9.59. The predicted octanol–water partition coefficient (Wildman–Crippen LogP) is 4.82. The van der Waals surface area contributed by atoms with Gasteiger partial charge in [-0.1, -0.05) is 18.7 Å². The molecule has 0 heterocycles. The van der Waals surface area contributed by atoms with Crippen molar-refractivity contribution in [3.8, 4) is 0 Å².